The topological polar surface area (TPSA) is 30.7 Å². The molecular formula is C20H15N3. The summed E-state index contributed by atoms with van der Waals surface area (Å²) in [7, 11) is 0. The third kappa shape index (κ3) is 2.77. The number of pyridine rings is 1. The van der Waals surface area contributed by atoms with Crippen molar-refractivity contribution in [2.45, 2.75) is 0 Å². The molecule has 2 aromatic heterocycles. The van der Waals surface area contributed by atoms with Gasteiger partial charge in [-0.2, -0.15) is 5.10 Å². The lowest BCUT2D eigenvalue weighted by atomic mass is 10.1. The van der Waals surface area contributed by atoms with Gasteiger partial charge >= 0.3 is 0 Å². The van der Waals surface area contributed by atoms with Gasteiger partial charge in [0.2, 0.25) is 0 Å². The van der Waals surface area contributed by atoms with Crippen LogP contribution in [0.3, 0.4) is 0 Å². The molecule has 0 saturated heterocycles. The minimum atomic E-state index is 1.09. The van der Waals surface area contributed by atoms with Crippen LogP contribution in [0.2, 0.25) is 0 Å². The number of fused-ring (bicyclic) bond motifs is 1. The molecule has 0 bridgehead atoms. The Kier molecular flexibility index (Phi) is 3.45. The number of aromatic nitrogens is 3. The van der Waals surface area contributed by atoms with Crippen LogP contribution in [0, 0.1) is 0 Å². The fraction of sp³-hybridized carbons (Fsp3) is 0. The van der Waals surface area contributed by atoms with E-state index in [2.05, 4.69) is 46.5 Å². The first-order chi connectivity index (χ1) is 11.4. The molecule has 4 rings (SSSR count). The lowest BCUT2D eigenvalue weighted by Crippen LogP contribution is -1.88. The third-order valence-electron chi connectivity index (χ3n) is 3.82. The summed E-state index contributed by atoms with van der Waals surface area (Å²) in [5.74, 6) is 0. The van der Waals surface area contributed by atoms with E-state index >= 15 is 0 Å². The smallest absolute Gasteiger partial charge is 0.0740 e. The molecule has 2 heterocycles. The lowest BCUT2D eigenvalue weighted by Gasteiger charge is -2.02. The number of hydrogen-bond donors (Lipinski definition) is 0. The zero-order chi connectivity index (χ0) is 15.5. The predicted octanol–water partition coefficient (Wildman–Crippen LogP) is 4.73. The van der Waals surface area contributed by atoms with E-state index in [1.54, 1.807) is 0 Å². The predicted molar refractivity (Wildman–Crippen MR) is 94.6 cm³/mol. The van der Waals surface area contributed by atoms with E-state index in [0.29, 0.717) is 0 Å². The van der Waals surface area contributed by atoms with Crippen LogP contribution in [0.5, 0.6) is 0 Å². The summed E-state index contributed by atoms with van der Waals surface area (Å²) < 4.78 is 1.91. The molecule has 2 aromatic carbocycles. The van der Waals surface area contributed by atoms with Crippen molar-refractivity contribution in [1.82, 2.24) is 14.8 Å². The Morgan fingerprint density at radius 1 is 0.826 bits per heavy atom. The van der Waals surface area contributed by atoms with Gasteiger partial charge in [0.25, 0.3) is 0 Å². The van der Waals surface area contributed by atoms with E-state index in [4.69, 9.17) is 0 Å². The van der Waals surface area contributed by atoms with Gasteiger partial charge in [-0.1, -0.05) is 42.5 Å². The van der Waals surface area contributed by atoms with Gasteiger partial charge in [-0.3, -0.25) is 4.98 Å². The van der Waals surface area contributed by atoms with E-state index in [0.717, 1.165) is 27.6 Å². The zero-order valence-corrected chi connectivity index (χ0v) is 12.5. The second-order valence-electron chi connectivity index (χ2n) is 5.33. The Bertz CT molecular complexity index is 954. The highest BCUT2D eigenvalue weighted by Gasteiger charge is 2.03. The van der Waals surface area contributed by atoms with Crippen molar-refractivity contribution in [2.75, 3.05) is 0 Å². The molecule has 0 N–H and O–H groups in total. The second-order valence-corrected chi connectivity index (χ2v) is 5.33. The van der Waals surface area contributed by atoms with Crippen molar-refractivity contribution < 1.29 is 0 Å². The lowest BCUT2D eigenvalue weighted by molar-refractivity contribution is 0.969. The molecule has 0 amide bonds. The summed E-state index contributed by atoms with van der Waals surface area (Å²) in [6, 6.07) is 20.6. The minimum Gasteiger partial charge on any atom is -0.265 e. The van der Waals surface area contributed by atoms with Crippen LogP contribution in [-0.4, -0.2) is 14.8 Å². The Hall–Kier alpha value is -3.20. The van der Waals surface area contributed by atoms with Gasteiger partial charge < -0.3 is 0 Å². The van der Waals surface area contributed by atoms with Crippen molar-refractivity contribution >= 4 is 23.2 Å². The summed E-state index contributed by atoms with van der Waals surface area (Å²) in [4.78, 5) is 4.08. The molecule has 0 spiro atoms. The quantitative estimate of drug-likeness (QED) is 0.547. The van der Waals surface area contributed by atoms with E-state index in [9.17, 15) is 0 Å². The van der Waals surface area contributed by atoms with Crippen molar-refractivity contribution in [3.63, 3.8) is 0 Å². The van der Waals surface area contributed by atoms with E-state index in [-0.39, 0.29) is 0 Å². The molecule has 0 aliphatic rings. The van der Waals surface area contributed by atoms with Gasteiger partial charge in [0, 0.05) is 24.0 Å². The van der Waals surface area contributed by atoms with Crippen molar-refractivity contribution in [3.8, 4) is 11.1 Å². The number of nitrogens with zero attached hydrogens (tertiary/aromatic N) is 3. The Balaban J connectivity index is 1.75. The van der Waals surface area contributed by atoms with E-state index in [1.807, 2.05) is 59.8 Å². The Labute approximate surface area is 134 Å². The summed E-state index contributed by atoms with van der Waals surface area (Å²) in [5, 5.41) is 5.59. The molecule has 0 aliphatic carbocycles. The molecule has 0 radical (unpaired) electrons. The maximum atomic E-state index is 4.46. The standard InChI is InChI=1S/C20H15N3/c1-2-4-16(5-3-1)10-13-23-20-14-18(6-7-19(20)15-22-23)17-8-11-21-12-9-17/h1-15H. The normalized spacial score (nSPS) is 11.3. The summed E-state index contributed by atoms with van der Waals surface area (Å²) >= 11 is 0. The van der Waals surface area contributed by atoms with Crippen LogP contribution in [0.4, 0.5) is 0 Å². The fourth-order valence-corrected chi connectivity index (χ4v) is 2.60. The molecule has 0 unspecified atom stereocenters. The Morgan fingerprint density at radius 2 is 1.65 bits per heavy atom. The van der Waals surface area contributed by atoms with Gasteiger partial charge in [0.15, 0.2) is 0 Å². The molecule has 0 atom stereocenters. The van der Waals surface area contributed by atoms with Crippen molar-refractivity contribution in [3.05, 3.63) is 84.8 Å². The summed E-state index contributed by atoms with van der Waals surface area (Å²) in [6.45, 7) is 0. The zero-order valence-electron chi connectivity index (χ0n) is 12.5. The highest BCUT2D eigenvalue weighted by Crippen LogP contribution is 2.24. The van der Waals surface area contributed by atoms with Gasteiger partial charge in [0.1, 0.15) is 0 Å². The largest absolute Gasteiger partial charge is 0.265 e. The molecule has 23 heavy (non-hydrogen) atoms. The van der Waals surface area contributed by atoms with Crippen LogP contribution in [-0.2, 0) is 0 Å². The first kappa shape index (κ1) is 13.5. The highest BCUT2D eigenvalue weighted by molar-refractivity contribution is 5.86. The average Bonchev–Trinajstić information content (AvgIpc) is 3.04. The number of rotatable bonds is 3. The molecular weight excluding hydrogens is 282 g/mol. The van der Waals surface area contributed by atoms with Gasteiger partial charge in [0.05, 0.1) is 11.7 Å². The molecule has 0 fully saturated rings. The summed E-state index contributed by atoms with van der Waals surface area (Å²) in [5.41, 5.74) is 4.56. The molecule has 3 heteroatoms. The van der Waals surface area contributed by atoms with Crippen LogP contribution in [0.1, 0.15) is 5.56 Å². The fourth-order valence-electron chi connectivity index (χ4n) is 2.60. The number of hydrogen-bond acceptors (Lipinski definition) is 2. The molecule has 3 nitrogen and oxygen atoms in total. The van der Waals surface area contributed by atoms with Gasteiger partial charge in [-0.25, -0.2) is 4.68 Å². The Morgan fingerprint density at radius 3 is 2.48 bits per heavy atom. The molecule has 0 saturated carbocycles. The maximum absolute atomic E-state index is 4.46. The average molecular weight is 297 g/mol. The first-order valence-electron chi connectivity index (χ1n) is 7.51. The first-order valence-corrected chi connectivity index (χ1v) is 7.51. The second kappa shape index (κ2) is 5.89. The van der Waals surface area contributed by atoms with Crippen LogP contribution >= 0.6 is 0 Å². The molecule has 4 aromatic rings. The van der Waals surface area contributed by atoms with E-state index in [1.165, 1.54) is 0 Å². The summed E-state index contributed by atoms with van der Waals surface area (Å²) in [6.07, 6.45) is 9.57. The van der Waals surface area contributed by atoms with Gasteiger partial charge in [-0.05, 0) is 41.0 Å². The monoisotopic (exact) mass is 297 g/mol. The molecule has 110 valence electrons. The van der Waals surface area contributed by atoms with Crippen molar-refractivity contribution in [2.24, 2.45) is 0 Å². The maximum Gasteiger partial charge on any atom is 0.0740 e. The van der Waals surface area contributed by atoms with Crippen LogP contribution < -0.4 is 0 Å². The SMILES string of the molecule is C(=Cn1ncc2ccc(-c3ccncc3)cc21)c1ccccc1. The third-order valence-corrected chi connectivity index (χ3v) is 3.82. The van der Waals surface area contributed by atoms with Gasteiger partial charge in [-0.15, -0.1) is 0 Å². The van der Waals surface area contributed by atoms with E-state index < -0.39 is 0 Å². The van der Waals surface area contributed by atoms with Crippen LogP contribution in [0.25, 0.3) is 34.3 Å². The minimum absolute atomic E-state index is 1.09. The van der Waals surface area contributed by atoms with Crippen LogP contribution in [0.15, 0.2) is 79.3 Å². The molecule has 0 aliphatic heterocycles. The number of benzene rings is 2. The highest BCUT2D eigenvalue weighted by atomic mass is 15.3. The van der Waals surface area contributed by atoms with Crippen molar-refractivity contribution in [1.29, 1.82) is 0 Å².